The highest BCUT2D eigenvalue weighted by Gasteiger charge is 2.17. The number of nitrogens with zero attached hydrogens (tertiary/aromatic N) is 2. The second kappa shape index (κ2) is 6.45. The molecule has 0 radical (unpaired) electrons. The molecule has 4 heteroatoms. The van der Waals surface area contributed by atoms with Gasteiger partial charge < -0.3 is 5.73 Å². The number of hydrogen-bond acceptors (Lipinski definition) is 3. The van der Waals surface area contributed by atoms with Crippen molar-refractivity contribution >= 4 is 11.8 Å². The van der Waals surface area contributed by atoms with Crippen LogP contribution in [-0.4, -0.2) is 27.3 Å². The van der Waals surface area contributed by atoms with Gasteiger partial charge in [-0.2, -0.15) is 16.9 Å². The Bertz CT molecular complexity index is 331. The first-order valence-corrected chi connectivity index (χ1v) is 7.71. The minimum absolute atomic E-state index is 0.359. The van der Waals surface area contributed by atoms with Crippen LogP contribution in [0.15, 0.2) is 12.3 Å². The molecule has 2 heterocycles. The van der Waals surface area contributed by atoms with Crippen LogP contribution in [0.4, 0.5) is 0 Å². The van der Waals surface area contributed by atoms with Gasteiger partial charge in [-0.3, -0.25) is 4.68 Å². The molecule has 1 unspecified atom stereocenters. The average Bonchev–Trinajstić information content (AvgIpc) is 2.74. The first-order valence-electron chi connectivity index (χ1n) is 6.56. The summed E-state index contributed by atoms with van der Waals surface area (Å²) in [5, 5.41) is 4.18. The van der Waals surface area contributed by atoms with Gasteiger partial charge in [0, 0.05) is 25.0 Å². The molecule has 0 aliphatic carbocycles. The topological polar surface area (TPSA) is 43.8 Å². The van der Waals surface area contributed by atoms with Gasteiger partial charge in [-0.05, 0) is 55.6 Å². The molecule has 0 aromatic carbocycles. The summed E-state index contributed by atoms with van der Waals surface area (Å²) in [6.45, 7) is 0. The van der Waals surface area contributed by atoms with Gasteiger partial charge in [0.15, 0.2) is 0 Å². The lowest BCUT2D eigenvalue weighted by Crippen LogP contribution is -2.26. The van der Waals surface area contributed by atoms with Crippen LogP contribution in [0.2, 0.25) is 0 Å². The summed E-state index contributed by atoms with van der Waals surface area (Å²) in [6.07, 6.45) is 7.94. The van der Waals surface area contributed by atoms with Gasteiger partial charge in [-0.25, -0.2) is 0 Å². The molecule has 17 heavy (non-hydrogen) atoms. The molecule has 1 aromatic rings. The Kier molecular flexibility index (Phi) is 4.92. The highest BCUT2D eigenvalue weighted by Crippen LogP contribution is 2.26. The molecule has 0 saturated carbocycles. The molecule has 1 fully saturated rings. The second-order valence-corrected chi connectivity index (χ2v) is 6.26. The molecule has 1 aliphatic heterocycles. The Morgan fingerprint density at radius 3 is 2.94 bits per heavy atom. The van der Waals surface area contributed by atoms with Crippen LogP contribution in [0, 0.1) is 5.92 Å². The van der Waals surface area contributed by atoms with Crippen LogP contribution in [0.1, 0.15) is 31.4 Å². The van der Waals surface area contributed by atoms with Crippen LogP contribution in [-0.2, 0) is 13.5 Å². The van der Waals surface area contributed by atoms with Crippen molar-refractivity contribution in [3.63, 3.8) is 0 Å². The van der Waals surface area contributed by atoms with Crippen molar-refractivity contribution in [2.75, 3.05) is 11.5 Å². The zero-order valence-corrected chi connectivity index (χ0v) is 11.5. The fourth-order valence-electron chi connectivity index (χ4n) is 2.51. The van der Waals surface area contributed by atoms with E-state index in [1.54, 1.807) is 0 Å². The molecule has 96 valence electrons. The zero-order valence-electron chi connectivity index (χ0n) is 10.6. The Balaban J connectivity index is 1.70. The first-order chi connectivity index (χ1) is 8.25. The summed E-state index contributed by atoms with van der Waals surface area (Å²) in [7, 11) is 2.00. The van der Waals surface area contributed by atoms with Gasteiger partial charge in [-0.15, -0.1) is 0 Å². The van der Waals surface area contributed by atoms with Crippen LogP contribution in [0.3, 0.4) is 0 Å². The summed E-state index contributed by atoms with van der Waals surface area (Å²) in [6, 6.07) is 2.45. The van der Waals surface area contributed by atoms with Crippen LogP contribution < -0.4 is 5.73 Å². The minimum atomic E-state index is 0.359. The minimum Gasteiger partial charge on any atom is -0.328 e. The molecule has 2 rings (SSSR count). The maximum atomic E-state index is 6.23. The van der Waals surface area contributed by atoms with Gasteiger partial charge in [-0.1, -0.05) is 0 Å². The highest BCUT2D eigenvalue weighted by molar-refractivity contribution is 7.99. The van der Waals surface area contributed by atoms with Crippen molar-refractivity contribution in [2.24, 2.45) is 18.7 Å². The van der Waals surface area contributed by atoms with E-state index < -0.39 is 0 Å². The van der Waals surface area contributed by atoms with Crippen molar-refractivity contribution in [1.82, 2.24) is 9.78 Å². The number of nitrogens with two attached hydrogens (primary N) is 1. The first kappa shape index (κ1) is 13.0. The van der Waals surface area contributed by atoms with Gasteiger partial charge >= 0.3 is 0 Å². The SMILES string of the molecule is Cn1nccc1CCC(N)CC1CCSCC1. The lowest BCUT2D eigenvalue weighted by molar-refractivity contribution is 0.394. The standard InChI is InChI=1S/C13H23N3S/c1-16-13(4-7-15-16)3-2-12(14)10-11-5-8-17-9-6-11/h4,7,11-12H,2-3,5-6,8-10,14H2,1H3. The van der Waals surface area contributed by atoms with E-state index in [1.165, 1.54) is 36.5 Å². The molecular weight excluding hydrogens is 230 g/mol. The maximum Gasteiger partial charge on any atom is 0.0492 e. The molecule has 2 N–H and O–H groups in total. The molecule has 0 bridgehead atoms. The fourth-order valence-corrected chi connectivity index (χ4v) is 3.71. The van der Waals surface area contributed by atoms with E-state index in [-0.39, 0.29) is 0 Å². The number of rotatable bonds is 5. The third-order valence-corrected chi connectivity index (χ3v) is 4.72. The Hall–Kier alpha value is -0.480. The van der Waals surface area contributed by atoms with Crippen molar-refractivity contribution in [1.29, 1.82) is 0 Å². The monoisotopic (exact) mass is 253 g/mol. The van der Waals surface area contributed by atoms with Gasteiger partial charge in [0.05, 0.1) is 0 Å². The van der Waals surface area contributed by atoms with Gasteiger partial charge in [0.1, 0.15) is 0 Å². The fraction of sp³-hybridized carbons (Fsp3) is 0.769. The molecular formula is C13H23N3S. The third kappa shape index (κ3) is 4.03. The van der Waals surface area contributed by atoms with Crippen molar-refractivity contribution < 1.29 is 0 Å². The lowest BCUT2D eigenvalue weighted by Gasteiger charge is -2.24. The largest absolute Gasteiger partial charge is 0.328 e. The van der Waals surface area contributed by atoms with E-state index in [0.29, 0.717) is 6.04 Å². The smallest absolute Gasteiger partial charge is 0.0492 e. The van der Waals surface area contributed by atoms with Crippen LogP contribution in [0.5, 0.6) is 0 Å². The quantitative estimate of drug-likeness (QED) is 0.875. The Morgan fingerprint density at radius 1 is 1.53 bits per heavy atom. The predicted octanol–water partition coefficient (Wildman–Crippen LogP) is 2.21. The molecule has 1 saturated heterocycles. The van der Waals surface area contributed by atoms with E-state index in [1.807, 2.05) is 17.9 Å². The normalized spacial score (nSPS) is 19.4. The molecule has 1 aliphatic rings. The molecule has 3 nitrogen and oxygen atoms in total. The molecule has 1 atom stereocenters. The van der Waals surface area contributed by atoms with Gasteiger partial charge in [0.2, 0.25) is 0 Å². The van der Waals surface area contributed by atoms with Crippen LogP contribution >= 0.6 is 11.8 Å². The number of thioether (sulfide) groups is 1. The van der Waals surface area contributed by atoms with E-state index >= 15 is 0 Å². The average molecular weight is 253 g/mol. The molecule has 1 aromatic heterocycles. The molecule has 0 spiro atoms. The van der Waals surface area contributed by atoms with E-state index in [2.05, 4.69) is 22.9 Å². The Morgan fingerprint density at radius 2 is 2.29 bits per heavy atom. The number of aromatic nitrogens is 2. The van der Waals surface area contributed by atoms with Crippen molar-refractivity contribution in [2.45, 2.75) is 38.1 Å². The highest BCUT2D eigenvalue weighted by atomic mass is 32.2. The summed E-state index contributed by atoms with van der Waals surface area (Å²) in [4.78, 5) is 0. The summed E-state index contributed by atoms with van der Waals surface area (Å²) in [5.74, 6) is 3.54. The van der Waals surface area contributed by atoms with E-state index in [9.17, 15) is 0 Å². The predicted molar refractivity (Wildman–Crippen MR) is 74.2 cm³/mol. The summed E-state index contributed by atoms with van der Waals surface area (Å²) >= 11 is 2.09. The van der Waals surface area contributed by atoms with Gasteiger partial charge in [0.25, 0.3) is 0 Å². The number of aryl methyl sites for hydroxylation is 2. The Labute approximate surface area is 108 Å². The van der Waals surface area contributed by atoms with Crippen LogP contribution in [0.25, 0.3) is 0 Å². The zero-order chi connectivity index (χ0) is 12.1. The van der Waals surface area contributed by atoms with E-state index in [0.717, 1.165) is 18.8 Å². The summed E-state index contributed by atoms with van der Waals surface area (Å²) in [5.41, 5.74) is 7.53. The molecule has 0 amide bonds. The second-order valence-electron chi connectivity index (χ2n) is 5.04. The number of hydrogen-bond donors (Lipinski definition) is 1. The third-order valence-electron chi connectivity index (χ3n) is 3.67. The lowest BCUT2D eigenvalue weighted by atomic mass is 9.92. The van der Waals surface area contributed by atoms with Crippen molar-refractivity contribution in [3.05, 3.63) is 18.0 Å². The van der Waals surface area contributed by atoms with E-state index in [4.69, 9.17) is 5.73 Å². The maximum absolute atomic E-state index is 6.23. The van der Waals surface area contributed by atoms with Crippen molar-refractivity contribution in [3.8, 4) is 0 Å². The summed E-state index contributed by atoms with van der Waals surface area (Å²) < 4.78 is 1.95.